The first-order chi connectivity index (χ1) is 6.37. The molecular formula is C10H18O3. The number of hydrogen-bond acceptors (Lipinski definition) is 3. The maximum Gasteiger partial charge on any atom is 0.204 e. The molecule has 1 saturated carbocycles. The standard InChI is InChI=1S/C10H18O3/c11-13-10-7-3-1-2-5-9(10)6-4-8-12-10/h9,11H,1-8H2. The zero-order chi connectivity index (χ0) is 9.15. The summed E-state index contributed by atoms with van der Waals surface area (Å²) in [6.07, 6.45) is 7.84. The third-order valence-corrected chi connectivity index (χ3v) is 3.40. The lowest BCUT2D eigenvalue weighted by Crippen LogP contribution is -2.45. The van der Waals surface area contributed by atoms with Crippen molar-refractivity contribution in [2.75, 3.05) is 6.61 Å². The molecule has 1 N–H and O–H groups in total. The van der Waals surface area contributed by atoms with Crippen LogP contribution in [-0.4, -0.2) is 17.7 Å². The van der Waals surface area contributed by atoms with E-state index < -0.39 is 5.79 Å². The van der Waals surface area contributed by atoms with E-state index in [9.17, 15) is 0 Å². The molecule has 0 aromatic heterocycles. The third kappa shape index (κ3) is 1.73. The van der Waals surface area contributed by atoms with Crippen molar-refractivity contribution in [3.05, 3.63) is 0 Å². The Morgan fingerprint density at radius 2 is 2.00 bits per heavy atom. The van der Waals surface area contributed by atoms with Gasteiger partial charge in [-0.1, -0.05) is 12.8 Å². The van der Waals surface area contributed by atoms with E-state index in [4.69, 9.17) is 9.99 Å². The summed E-state index contributed by atoms with van der Waals surface area (Å²) in [6, 6.07) is 0. The zero-order valence-electron chi connectivity index (χ0n) is 8.00. The number of hydrogen-bond donors (Lipinski definition) is 1. The van der Waals surface area contributed by atoms with Crippen LogP contribution in [-0.2, 0) is 9.62 Å². The summed E-state index contributed by atoms with van der Waals surface area (Å²) in [5.74, 6) is -0.233. The molecule has 0 radical (unpaired) electrons. The Labute approximate surface area is 79.0 Å². The van der Waals surface area contributed by atoms with E-state index in [2.05, 4.69) is 4.89 Å². The SMILES string of the molecule is OOC12CCCCCC1CCCO2. The maximum atomic E-state index is 8.98. The van der Waals surface area contributed by atoms with Crippen LogP contribution in [0, 0.1) is 5.92 Å². The van der Waals surface area contributed by atoms with Gasteiger partial charge in [-0.3, -0.25) is 0 Å². The Kier molecular flexibility index (Phi) is 2.86. The molecule has 13 heavy (non-hydrogen) atoms. The van der Waals surface area contributed by atoms with E-state index in [1.54, 1.807) is 0 Å². The highest BCUT2D eigenvalue weighted by atomic mass is 17.1. The monoisotopic (exact) mass is 186 g/mol. The van der Waals surface area contributed by atoms with Crippen LogP contribution in [0.5, 0.6) is 0 Å². The molecule has 0 spiro atoms. The van der Waals surface area contributed by atoms with E-state index in [-0.39, 0.29) is 0 Å². The van der Waals surface area contributed by atoms with Gasteiger partial charge in [0.05, 0.1) is 6.61 Å². The van der Waals surface area contributed by atoms with Gasteiger partial charge in [0.25, 0.3) is 0 Å². The first-order valence-electron chi connectivity index (χ1n) is 5.34. The van der Waals surface area contributed by atoms with Gasteiger partial charge >= 0.3 is 0 Å². The lowest BCUT2D eigenvalue weighted by Gasteiger charge is -2.39. The Hall–Kier alpha value is -0.120. The highest BCUT2D eigenvalue weighted by molar-refractivity contribution is 4.84. The van der Waals surface area contributed by atoms with Gasteiger partial charge in [0, 0.05) is 12.3 Å². The Bertz CT molecular complexity index is 172. The molecule has 2 unspecified atom stereocenters. The predicted octanol–water partition coefficient (Wildman–Crippen LogP) is 2.56. The average Bonchev–Trinajstić information content (AvgIpc) is 2.40. The molecule has 3 nitrogen and oxygen atoms in total. The fraction of sp³-hybridized carbons (Fsp3) is 1.00. The smallest absolute Gasteiger partial charge is 0.204 e. The van der Waals surface area contributed by atoms with E-state index in [0.29, 0.717) is 5.92 Å². The zero-order valence-corrected chi connectivity index (χ0v) is 8.00. The number of rotatable bonds is 1. The number of fused-ring (bicyclic) bond motifs is 1. The fourth-order valence-electron chi connectivity index (χ4n) is 2.64. The molecule has 0 aromatic rings. The largest absolute Gasteiger partial charge is 0.347 e. The van der Waals surface area contributed by atoms with Crippen molar-refractivity contribution in [2.24, 2.45) is 5.92 Å². The molecule has 1 saturated heterocycles. The molecule has 3 heteroatoms. The van der Waals surface area contributed by atoms with Crippen molar-refractivity contribution in [3.8, 4) is 0 Å². The van der Waals surface area contributed by atoms with Crippen molar-refractivity contribution < 1.29 is 14.9 Å². The van der Waals surface area contributed by atoms with Crippen molar-refractivity contribution in [3.63, 3.8) is 0 Å². The highest BCUT2D eigenvalue weighted by Crippen LogP contribution is 2.41. The van der Waals surface area contributed by atoms with Crippen molar-refractivity contribution in [1.82, 2.24) is 0 Å². The summed E-state index contributed by atoms with van der Waals surface area (Å²) in [5, 5.41) is 8.98. The van der Waals surface area contributed by atoms with Crippen molar-refractivity contribution in [2.45, 2.75) is 50.7 Å². The second-order valence-electron chi connectivity index (χ2n) is 4.19. The molecule has 1 aliphatic heterocycles. The van der Waals surface area contributed by atoms with Crippen LogP contribution in [0.2, 0.25) is 0 Å². The molecule has 2 aliphatic rings. The molecule has 76 valence electrons. The predicted molar refractivity (Wildman–Crippen MR) is 48.2 cm³/mol. The summed E-state index contributed by atoms with van der Waals surface area (Å²) in [5.41, 5.74) is 0. The summed E-state index contributed by atoms with van der Waals surface area (Å²) in [7, 11) is 0. The minimum atomic E-state index is -0.644. The van der Waals surface area contributed by atoms with Crippen LogP contribution in [0.25, 0.3) is 0 Å². The average molecular weight is 186 g/mol. The van der Waals surface area contributed by atoms with Crippen LogP contribution in [0.4, 0.5) is 0 Å². The first kappa shape index (κ1) is 9.44. The minimum absolute atomic E-state index is 0.411. The Morgan fingerprint density at radius 1 is 1.15 bits per heavy atom. The van der Waals surface area contributed by atoms with Gasteiger partial charge in [0.15, 0.2) is 0 Å². The lowest BCUT2D eigenvalue weighted by atomic mass is 9.87. The van der Waals surface area contributed by atoms with Crippen LogP contribution in [0.1, 0.15) is 44.9 Å². The fourth-order valence-corrected chi connectivity index (χ4v) is 2.64. The van der Waals surface area contributed by atoms with Crippen molar-refractivity contribution >= 4 is 0 Å². The lowest BCUT2D eigenvalue weighted by molar-refractivity contribution is -0.430. The van der Waals surface area contributed by atoms with Crippen LogP contribution < -0.4 is 0 Å². The molecule has 2 rings (SSSR count). The summed E-state index contributed by atoms with van der Waals surface area (Å²) >= 11 is 0. The third-order valence-electron chi connectivity index (χ3n) is 3.40. The van der Waals surface area contributed by atoms with E-state index in [1.807, 2.05) is 0 Å². The van der Waals surface area contributed by atoms with E-state index in [1.165, 1.54) is 12.8 Å². The van der Waals surface area contributed by atoms with Gasteiger partial charge in [-0.25, -0.2) is 10.1 Å². The van der Waals surface area contributed by atoms with E-state index >= 15 is 0 Å². The van der Waals surface area contributed by atoms with Gasteiger partial charge in [0.1, 0.15) is 0 Å². The van der Waals surface area contributed by atoms with Crippen LogP contribution in [0.15, 0.2) is 0 Å². The van der Waals surface area contributed by atoms with Crippen LogP contribution in [0.3, 0.4) is 0 Å². The van der Waals surface area contributed by atoms with E-state index in [0.717, 1.165) is 38.7 Å². The second-order valence-corrected chi connectivity index (χ2v) is 4.19. The van der Waals surface area contributed by atoms with Crippen molar-refractivity contribution in [1.29, 1.82) is 0 Å². The van der Waals surface area contributed by atoms with Gasteiger partial charge in [-0.2, -0.15) is 0 Å². The molecular weight excluding hydrogens is 168 g/mol. The molecule has 2 atom stereocenters. The Balaban J connectivity index is 2.11. The first-order valence-corrected chi connectivity index (χ1v) is 5.34. The summed E-state index contributed by atoms with van der Waals surface area (Å²) in [6.45, 7) is 0.733. The maximum absolute atomic E-state index is 8.98. The highest BCUT2D eigenvalue weighted by Gasteiger charge is 2.44. The molecule has 1 aliphatic carbocycles. The Morgan fingerprint density at radius 3 is 2.85 bits per heavy atom. The van der Waals surface area contributed by atoms with Crippen LogP contribution >= 0.6 is 0 Å². The second kappa shape index (κ2) is 3.95. The topological polar surface area (TPSA) is 38.7 Å². The van der Waals surface area contributed by atoms with Gasteiger partial charge in [-0.05, 0) is 25.7 Å². The summed E-state index contributed by atoms with van der Waals surface area (Å²) < 4.78 is 5.63. The normalized spacial score (nSPS) is 40.8. The van der Waals surface area contributed by atoms with Gasteiger partial charge in [-0.15, -0.1) is 0 Å². The molecule has 0 aromatic carbocycles. The minimum Gasteiger partial charge on any atom is -0.347 e. The quantitative estimate of drug-likeness (QED) is 0.505. The molecule has 0 bridgehead atoms. The van der Waals surface area contributed by atoms with Gasteiger partial charge < -0.3 is 4.74 Å². The molecule has 0 amide bonds. The van der Waals surface area contributed by atoms with Gasteiger partial charge in [0.2, 0.25) is 5.79 Å². The molecule has 2 fully saturated rings. The number of ether oxygens (including phenoxy) is 1. The molecule has 1 heterocycles. The summed E-state index contributed by atoms with van der Waals surface area (Å²) in [4.78, 5) is 4.64.